The van der Waals surface area contributed by atoms with Gasteiger partial charge in [0.15, 0.2) is 0 Å². The summed E-state index contributed by atoms with van der Waals surface area (Å²) in [5.74, 6) is 0. The van der Waals surface area contributed by atoms with Crippen LogP contribution in [-0.2, 0) is 42.8 Å². The van der Waals surface area contributed by atoms with Crippen LogP contribution in [0.2, 0.25) is 0 Å². The molecule has 9 heterocycles. The van der Waals surface area contributed by atoms with Crippen molar-refractivity contribution in [2.75, 3.05) is 0 Å². The third-order valence-corrected chi connectivity index (χ3v) is 9.55. The molecule has 2 aliphatic heterocycles. The van der Waals surface area contributed by atoms with Gasteiger partial charge in [-0.15, -0.1) is 22.1 Å². The molecular weight excluding hydrogens is 695 g/mol. The fourth-order valence-corrected chi connectivity index (χ4v) is 6.86. The fraction of sp³-hybridized carbons (Fsp3) is 0.0909. The van der Waals surface area contributed by atoms with Crippen molar-refractivity contribution in [1.29, 1.82) is 0 Å². The number of hydrogen-bond donors (Lipinski definition) is 0. The summed E-state index contributed by atoms with van der Waals surface area (Å²) in [7, 11) is 0. The Balaban J connectivity index is 0.00000400. The van der Waals surface area contributed by atoms with Gasteiger partial charge in [-0.05, 0) is 143 Å². The third-order valence-electron chi connectivity index (χ3n) is 9.55. The Morgan fingerprint density at radius 1 is 0.321 bits per heavy atom. The number of nitrogens with zero attached hydrogens (tertiary/aromatic N) is 8. The SMILES string of the molecule is C1=Cc2nc1c(Cc1ccncc1)c1ccc([n-]1)c(Cc1ccncc1)c1nc(c(Cc3ccncc3)c3ccc([n-]3)c2Cc2ccncc2)C=C1.[Mn+2]. The smallest absolute Gasteiger partial charge is 0.657 e. The summed E-state index contributed by atoms with van der Waals surface area (Å²) in [6, 6.07) is 24.8. The van der Waals surface area contributed by atoms with Crippen molar-refractivity contribution in [3.8, 4) is 0 Å². The van der Waals surface area contributed by atoms with Crippen LogP contribution in [0.3, 0.4) is 0 Å². The molecule has 0 aliphatic carbocycles. The van der Waals surface area contributed by atoms with Gasteiger partial charge in [0.05, 0.1) is 22.8 Å². The molecule has 9 rings (SSSR count). The fourth-order valence-electron chi connectivity index (χ4n) is 6.86. The van der Waals surface area contributed by atoms with Gasteiger partial charge in [0.2, 0.25) is 0 Å². The Morgan fingerprint density at radius 2 is 0.547 bits per heavy atom. The van der Waals surface area contributed by atoms with E-state index in [1.54, 1.807) is 0 Å². The predicted octanol–water partition coefficient (Wildman–Crippen LogP) is 7.85. The largest absolute Gasteiger partial charge is 2.00 e. The molecule has 0 spiro atoms. The second-order valence-corrected chi connectivity index (χ2v) is 12.9. The Hall–Kier alpha value is -6.28. The van der Waals surface area contributed by atoms with Gasteiger partial charge in [-0.3, -0.25) is 19.9 Å². The molecule has 2 aliphatic rings. The van der Waals surface area contributed by atoms with E-state index in [9.17, 15) is 0 Å². The Labute approximate surface area is 317 Å². The number of rotatable bonds is 8. The Morgan fingerprint density at radius 3 is 0.774 bits per heavy atom. The maximum atomic E-state index is 5.32. The molecule has 8 nitrogen and oxygen atoms in total. The normalized spacial score (nSPS) is 11.8. The third kappa shape index (κ3) is 7.26. The first-order chi connectivity index (χ1) is 25.7. The van der Waals surface area contributed by atoms with Crippen LogP contribution >= 0.6 is 0 Å². The van der Waals surface area contributed by atoms with E-state index < -0.39 is 0 Å². The molecule has 0 atom stereocenters. The summed E-state index contributed by atoms with van der Waals surface area (Å²) in [6.45, 7) is 0. The van der Waals surface area contributed by atoms with Crippen LogP contribution in [-0.4, -0.2) is 29.9 Å². The Bertz CT molecular complexity index is 2260. The molecule has 1 radical (unpaired) electrons. The van der Waals surface area contributed by atoms with Crippen molar-refractivity contribution in [2.45, 2.75) is 25.7 Å². The minimum Gasteiger partial charge on any atom is -0.657 e. The standard InChI is InChI=1S/C44H32N8.Mn/c1-2-38-34(26-30-11-19-46-20-12-30)40-5-6-42(51-40)36(28-32-15-23-48-24-16-32)44-8-7-43(52-44)35(27-31-13-21-47-22-14-31)41-4-3-39(50-41)33(37(1)49-38)25-29-9-17-45-18-10-29;/h1-24H,25-28H2;/q-2;+2. The maximum absolute atomic E-state index is 5.32. The van der Waals surface area contributed by atoms with Gasteiger partial charge >= 0.3 is 17.1 Å². The first-order valence-electron chi connectivity index (χ1n) is 17.3. The molecule has 0 amide bonds. The summed E-state index contributed by atoms with van der Waals surface area (Å²) in [5, 5.41) is 0. The zero-order chi connectivity index (χ0) is 34.7. The van der Waals surface area contributed by atoms with E-state index in [2.05, 4.69) is 68.5 Å². The van der Waals surface area contributed by atoms with E-state index in [0.717, 1.165) is 89.4 Å². The molecule has 0 aromatic carbocycles. The van der Waals surface area contributed by atoms with Crippen molar-refractivity contribution in [2.24, 2.45) is 0 Å². The number of hydrogen-bond acceptors (Lipinski definition) is 6. The van der Waals surface area contributed by atoms with E-state index in [4.69, 9.17) is 19.9 Å². The molecule has 53 heavy (non-hydrogen) atoms. The van der Waals surface area contributed by atoms with Crippen LogP contribution in [0.4, 0.5) is 0 Å². The minimum atomic E-state index is 0. The molecule has 0 saturated heterocycles. The molecule has 0 unspecified atom stereocenters. The van der Waals surface area contributed by atoms with E-state index in [1.807, 2.05) is 98.1 Å². The van der Waals surface area contributed by atoms with Crippen molar-refractivity contribution in [3.63, 3.8) is 0 Å². The summed E-state index contributed by atoms with van der Waals surface area (Å²) in [5.41, 5.74) is 15.8. The van der Waals surface area contributed by atoms with Crippen LogP contribution in [0, 0.1) is 0 Å². The predicted molar refractivity (Wildman–Crippen MR) is 205 cm³/mol. The summed E-state index contributed by atoms with van der Waals surface area (Å²) in [4.78, 5) is 38.3. The van der Waals surface area contributed by atoms with Crippen LogP contribution in [0.5, 0.6) is 0 Å². The van der Waals surface area contributed by atoms with E-state index in [-0.39, 0.29) is 17.1 Å². The van der Waals surface area contributed by atoms with Gasteiger partial charge in [0.25, 0.3) is 0 Å². The molecule has 255 valence electrons. The topological polar surface area (TPSA) is 106 Å². The zero-order valence-electron chi connectivity index (χ0n) is 28.6. The van der Waals surface area contributed by atoms with Crippen molar-refractivity contribution in [3.05, 3.63) is 190 Å². The van der Waals surface area contributed by atoms with Gasteiger partial charge in [-0.1, -0.05) is 24.3 Å². The Kier molecular flexibility index (Phi) is 9.66. The molecule has 0 N–H and O–H groups in total. The molecule has 0 saturated carbocycles. The van der Waals surface area contributed by atoms with Crippen LogP contribution in [0.25, 0.3) is 46.4 Å². The molecule has 9 heteroatoms. The summed E-state index contributed by atoms with van der Waals surface area (Å²) < 4.78 is 0. The molecule has 0 fully saturated rings. The van der Waals surface area contributed by atoms with Gasteiger partial charge in [-0.2, -0.15) is 0 Å². The van der Waals surface area contributed by atoms with Crippen molar-refractivity contribution >= 4 is 46.4 Å². The average Bonchev–Trinajstić information content (AvgIpc) is 4.04. The first-order valence-corrected chi connectivity index (χ1v) is 17.3. The van der Waals surface area contributed by atoms with E-state index in [0.29, 0.717) is 25.7 Å². The van der Waals surface area contributed by atoms with Crippen LogP contribution in [0.1, 0.15) is 67.3 Å². The van der Waals surface area contributed by atoms with Gasteiger partial charge in [0.1, 0.15) is 0 Å². The van der Waals surface area contributed by atoms with E-state index in [1.165, 1.54) is 0 Å². The van der Waals surface area contributed by atoms with Crippen LogP contribution in [0.15, 0.2) is 122 Å². The first kappa shape index (κ1) is 33.8. The van der Waals surface area contributed by atoms with Crippen LogP contribution < -0.4 is 9.97 Å². The molecule has 7 aromatic rings. The second-order valence-electron chi connectivity index (χ2n) is 12.9. The maximum Gasteiger partial charge on any atom is 2.00 e. The number of aromatic nitrogens is 8. The number of fused-ring (bicyclic) bond motifs is 8. The number of pyridine rings is 4. The molecule has 8 bridgehead atoms. The van der Waals surface area contributed by atoms with Gasteiger partial charge in [0, 0.05) is 49.6 Å². The average molecular weight is 728 g/mol. The zero-order valence-corrected chi connectivity index (χ0v) is 29.8. The van der Waals surface area contributed by atoms with Crippen molar-refractivity contribution < 1.29 is 17.1 Å². The quantitative estimate of drug-likeness (QED) is 0.146. The van der Waals surface area contributed by atoms with E-state index >= 15 is 0 Å². The molecular formula is C44H32MnN8. The minimum absolute atomic E-state index is 0. The molecule has 7 aromatic heterocycles. The monoisotopic (exact) mass is 727 g/mol. The summed E-state index contributed by atoms with van der Waals surface area (Å²) >= 11 is 0. The van der Waals surface area contributed by atoms with Crippen molar-refractivity contribution in [1.82, 2.24) is 39.9 Å². The summed E-state index contributed by atoms with van der Waals surface area (Å²) in [6.07, 6.45) is 25.7. The van der Waals surface area contributed by atoms with Gasteiger partial charge in [-0.25, -0.2) is 9.97 Å². The second kappa shape index (κ2) is 15.1. The van der Waals surface area contributed by atoms with Gasteiger partial charge < -0.3 is 9.97 Å².